The van der Waals surface area contributed by atoms with E-state index in [2.05, 4.69) is 31.2 Å². The fraction of sp³-hybridized carbons (Fsp3) is 0.273. The van der Waals surface area contributed by atoms with Gasteiger partial charge in [0.15, 0.2) is 0 Å². The predicted molar refractivity (Wildman–Crippen MR) is 104 cm³/mol. The molecule has 0 aliphatic carbocycles. The van der Waals surface area contributed by atoms with Gasteiger partial charge in [0.1, 0.15) is 5.75 Å². The number of rotatable bonds is 3. The maximum atomic E-state index is 12.7. The van der Waals surface area contributed by atoms with E-state index in [0.717, 1.165) is 53.8 Å². The van der Waals surface area contributed by atoms with Gasteiger partial charge in [0.05, 0.1) is 18.3 Å². The molecule has 4 rings (SSSR count). The van der Waals surface area contributed by atoms with E-state index in [4.69, 9.17) is 9.72 Å². The van der Waals surface area contributed by atoms with Crippen LogP contribution in [0, 0.1) is 6.92 Å². The number of pyridine rings is 1. The number of fused-ring (bicyclic) bond motifs is 1. The largest absolute Gasteiger partial charge is 0.496 e. The van der Waals surface area contributed by atoms with Crippen molar-refractivity contribution in [2.24, 2.45) is 0 Å². The maximum Gasteiger partial charge on any atom is 0.253 e. The number of ether oxygens (including phenoxy) is 1. The number of benzene rings is 2. The number of hydrogen-bond donors (Lipinski definition) is 0. The van der Waals surface area contributed by atoms with E-state index in [9.17, 15) is 4.79 Å². The van der Waals surface area contributed by atoms with Crippen LogP contribution in [0.1, 0.15) is 28.8 Å². The van der Waals surface area contributed by atoms with Crippen LogP contribution in [0.4, 0.5) is 0 Å². The van der Waals surface area contributed by atoms with Crippen molar-refractivity contribution >= 4 is 16.8 Å². The minimum absolute atomic E-state index is 0.0917. The Morgan fingerprint density at radius 2 is 1.77 bits per heavy atom. The smallest absolute Gasteiger partial charge is 0.253 e. The first-order valence-electron chi connectivity index (χ1n) is 9.01. The molecule has 4 nitrogen and oxygen atoms in total. The van der Waals surface area contributed by atoms with Crippen LogP contribution in [0.5, 0.6) is 5.75 Å². The van der Waals surface area contributed by atoms with Gasteiger partial charge in [-0.3, -0.25) is 4.79 Å². The van der Waals surface area contributed by atoms with Crippen molar-refractivity contribution in [1.29, 1.82) is 0 Å². The van der Waals surface area contributed by atoms with E-state index < -0.39 is 0 Å². The van der Waals surface area contributed by atoms with Crippen LogP contribution in [0.2, 0.25) is 0 Å². The molecule has 0 bridgehead atoms. The summed E-state index contributed by atoms with van der Waals surface area (Å²) >= 11 is 0. The number of carbonyl (C=O) groups is 1. The predicted octanol–water partition coefficient (Wildman–Crippen LogP) is 4.45. The van der Waals surface area contributed by atoms with Crippen LogP contribution in [0.15, 0.2) is 48.5 Å². The SMILES string of the molecule is COc1cc(-c2ccc(C)cc2)nc2ccc(C(=O)N3CCCC3)cc12. The minimum Gasteiger partial charge on any atom is -0.496 e. The molecule has 0 atom stereocenters. The topological polar surface area (TPSA) is 42.4 Å². The van der Waals surface area contributed by atoms with Gasteiger partial charge in [-0.15, -0.1) is 0 Å². The first kappa shape index (κ1) is 16.6. The van der Waals surface area contributed by atoms with E-state index in [1.165, 1.54) is 5.56 Å². The number of likely N-dealkylation sites (tertiary alicyclic amines) is 1. The number of carbonyl (C=O) groups excluding carboxylic acids is 1. The van der Waals surface area contributed by atoms with Crippen LogP contribution in [-0.4, -0.2) is 36.0 Å². The summed E-state index contributed by atoms with van der Waals surface area (Å²) in [6.45, 7) is 3.76. The molecule has 1 aliphatic heterocycles. The van der Waals surface area contributed by atoms with Crippen molar-refractivity contribution in [3.8, 4) is 17.0 Å². The van der Waals surface area contributed by atoms with Crippen molar-refractivity contribution in [3.63, 3.8) is 0 Å². The highest BCUT2D eigenvalue weighted by atomic mass is 16.5. The zero-order chi connectivity index (χ0) is 18.1. The van der Waals surface area contributed by atoms with E-state index >= 15 is 0 Å². The molecule has 0 radical (unpaired) electrons. The van der Waals surface area contributed by atoms with Gasteiger partial charge >= 0.3 is 0 Å². The first-order valence-corrected chi connectivity index (χ1v) is 9.01. The maximum absolute atomic E-state index is 12.7. The van der Waals surface area contributed by atoms with Crippen molar-refractivity contribution in [1.82, 2.24) is 9.88 Å². The fourth-order valence-corrected chi connectivity index (χ4v) is 3.47. The van der Waals surface area contributed by atoms with Gasteiger partial charge in [0, 0.05) is 35.7 Å². The summed E-state index contributed by atoms with van der Waals surface area (Å²) in [6.07, 6.45) is 2.17. The van der Waals surface area contributed by atoms with Crippen LogP contribution >= 0.6 is 0 Å². The number of methoxy groups -OCH3 is 1. The molecule has 1 amide bonds. The molecule has 1 fully saturated rings. The summed E-state index contributed by atoms with van der Waals surface area (Å²) in [5.41, 5.74) is 4.66. The van der Waals surface area contributed by atoms with E-state index in [-0.39, 0.29) is 5.91 Å². The third-order valence-electron chi connectivity index (χ3n) is 4.98. The third-order valence-corrected chi connectivity index (χ3v) is 4.98. The molecule has 0 unspecified atom stereocenters. The number of aryl methyl sites for hydroxylation is 1. The number of amides is 1. The Labute approximate surface area is 153 Å². The van der Waals surface area contributed by atoms with E-state index in [1.807, 2.05) is 29.2 Å². The first-order chi connectivity index (χ1) is 12.7. The van der Waals surface area contributed by atoms with Gasteiger partial charge in [0.2, 0.25) is 0 Å². The van der Waals surface area contributed by atoms with E-state index in [1.54, 1.807) is 7.11 Å². The number of nitrogens with zero attached hydrogens (tertiary/aromatic N) is 2. The summed E-state index contributed by atoms with van der Waals surface area (Å²) in [5.74, 6) is 0.829. The summed E-state index contributed by atoms with van der Waals surface area (Å²) in [4.78, 5) is 19.4. The normalized spacial score (nSPS) is 14.0. The Balaban J connectivity index is 1.77. The van der Waals surface area contributed by atoms with Gasteiger partial charge < -0.3 is 9.64 Å². The second-order valence-corrected chi connectivity index (χ2v) is 6.81. The molecule has 132 valence electrons. The molecule has 2 aromatic carbocycles. The molecular formula is C22H22N2O2. The molecule has 4 heteroatoms. The monoisotopic (exact) mass is 346 g/mol. The van der Waals surface area contributed by atoms with Crippen LogP contribution in [0.25, 0.3) is 22.2 Å². The number of aromatic nitrogens is 1. The molecule has 1 saturated heterocycles. The van der Waals surface area contributed by atoms with Gasteiger partial charge in [-0.2, -0.15) is 0 Å². The summed E-state index contributed by atoms with van der Waals surface area (Å²) in [7, 11) is 1.66. The van der Waals surface area contributed by atoms with Gasteiger partial charge in [-0.05, 0) is 38.0 Å². The quantitative estimate of drug-likeness (QED) is 0.703. The Hall–Kier alpha value is -2.88. The number of hydrogen-bond acceptors (Lipinski definition) is 3. The van der Waals surface area contributed by atoms with Crippen LogP contribution in [0.3, 0.4) is 0 Å². The molecular weight excluding hydrogens is 324 g/mol. The lowest BCUT2D eigenvalue weighted by Crippen LogP contribution is -2.27. The van der Waals surface area contributed by atoms with Gasteiger partial charge in [0.25, 0.3) is 5.91 Å². The Kier molecular flexibility index (Phi) is 4.33. The lowest BCUT2D eigenvalue weighted by atomic mass is 10.0. The summed E-state index contributed by atoms with van der Waals surface area (Å²) in [5, 5.41) is 0.869. The summed E-state index contributed by atoms with van der Waals surface area (Å²) < 4.78 is 5.61. The van der Waals surface area contributed by atoms with Crippen LogP contribution in [-0.2, 0) is 0 Å². The minimum atomic E-state index is 0.0917. The third kappa shape index (κ3) is 3.03. The molecule has 2 heterocycles. The standard InChI is InChI=1S/C22H22N2O2/c1-15-5-7-16(8-6-15)20-14-21(26-2)18-13-17(9-10-19(18)23-20)22(25)24-11-3-4-12-24/h5-10,13-14H,3-4,11-12H2,1-2H3. The molecule has 3 aromatic rings. The molecule has 1 aromatic heterocycles. The van der Waals surface area contributed by atoms with Crippen molar-refractivity contribution < 1.29 is 9.53 Å². The fourth-order valence-electron chi connectivity index (χ4n) is 3.47. The molecule has 0 spiro atoms. The Morgan fingerprint density at radius 1 is 1.04 bits per heavy atom. The average molecular weight is 346 g/mol. The highest BCUT2D eigenvalue weighted by molar-refractivity contribution is 5.99. The Morgan fingerprint density at radius 3 is 2.46 bits per heavy atom. The molecule has 26 heavy (non-hydrogen) atoms. The molecule has 0 saturated carbocycles. The highest BCUT2D eigenvalue weighted by Gasteiger charge is 2.20. The lowest BCUT2D eigenvalue weighted by Gasteiger charge is -2.16. The van der Waals surface area contributed by atoms with Gasteiger partial charge in [-0.1, -0.05) is 29.8 Å². The zero-order valence-corrected chi connectivity index (χ0v) is 15.2. The zero-order valence-electron chi connectivity index (χ0n) is 15.2. The highest BCUT2D eigenvalue weighted by Crippen LogP contribution is 2.31. The van der Waals surface area contributed by atoms with E-state index in [0.29, 0.717) is 5.56 Å². The van der Waals surface area contributed by atoms with Crippen molar-refractivity contribution in [2.45, 2.75) is 19.8 Å². The van der Waals surface area contributed by atoms with Crippen molar-refractivity contribution in [2.75, 3.05) is 20.2 Å². The summed E-state index contributed by atoms with van der Waals surface area (Å²) in [6, 6.07) is 15.9. The molecule has 0 N–H and O–H groups in total. The lowest BCUT2D eigenvalue weighted by molar-refractivity contribution is 0.0793. The average Bonchev–Trinajstić information content (AvgIpc) is 3.21. The van der Waals surface area contributed by atoms with Crippen LogP contribution < -0.4 is 4.74 Å². The molecule has 1 aliphatic rings. The Bertz CT molecular complexity index is 958. The van der Waals surface area contributed by atoms with Gasteiger partial charge in [-0.25, -0.2) is 4.98 Å². The second kappa shape index (κ2) is 6.79. The second-order valence-electron chi connectivity index (χ2n) is 6.81. The van der Waals surface area contributed by atoms with Crippen molar-refractivity contribution in [3.05, 3.63) is 59.7 Å².